The Hall–Kier alpha value is -1.79. The minimum Gasteiger partial charge on any atom is -0.481 e. The summed E-state index contributed by atoms with van der Waals surface area (Å²) < 4.78 is 0. The minimum atomic E-state index is -0.904. The number of rotatable bonds is 5. The van der Waals surface area contributed by atoms with Crippen molar-refractivity contribution in [3.63, 3.8) is 0 Å². The van der Waals surface area contributed by atoms with Crippen LogP contribution in [0.2, 0.25) is 0 Å². The van der Waals surface area contributed by atoms with Crippen LogP contribution in [0, 0.1) is 5.41 Å². The van der Waals surface area contributed by atoms with Crippen molar-refractivity contribution in [3.05, 3.63) is 0 Å². The smallest absolute Gasteiger partial charge is 0.320 e. The van der Waals surface area contributed by atoms with E-state index in [1.807, 2.05) is 6.92 Å². The topological polar surface area (TPSA) is 90.0 Å². The molecule has 0 spiro atoms. The second-order valence-electron chi connectivity index (χ2n) is 5.88. The second-order valence-corrected chi connectivity index (χ2v) is 5.88. The maximum atomic E-state index is 12.3. The summed E-state index contributed by atoms with van der Waals surface area (Å²) >= 11 is 0. The van der Waals surface area contributed by atoms with Crippen LogP contribution in [0.1, 0.15) is 33.1 Å². The molecule has 0 aliphatic carbocycles. The second kappa shape index (κ2) is 7.28. The third kappa shape index (κ3) is 4.61. The fourth-order valence-electron chi connectivity index (χ4n) is 2.42. The lowest BCUT2D eigenvalue weighted by molar-refractivity contribution is -0.150. The lowest BCUT2D eigenvalue weighted by Crippen LogP contribution is -2.53. The molecule has 0 aromatic heterocycles. The van der Waals surface area contributed by atoms with Gasteiger partial charge in [-0.2, -0.15) is 0 Å². The largest absolute Gasteiger partial charge is 0.481 e. The van der Waals surface area contributed by atoms with Crippen molar-refractivity contribution >= 4 is 17.9 Å². The summed E-state index contributed by atoms with van der Waals surface area (Å²) in [7, 11) is 1.56. The number of likely N-dealkylation sites (N-methyl/N-ethyl adjacent to an activating group) is 1. The number of likely N-dealkylation sites (tertiary alicyclic amines) is 1. The monoisotopic (exact) mass is 299 g/mol. The summed E-state index contributed by atoms with van der Waals surface area (Å²) in [5, 5.41) is 12.0. The van der Waals surface area contributed by atoms with Crippen LogP contribution in [0.3, 0.4) is 0 Å². The SMILES string of the molecule is CCCNC(=O)CN(C)C(=O)N1CCCC(C)(C(=O)O)C1. The molecule has 1 fully saturated rings. The fraction of sp³-hybridized carbons (Fsp3) is 0.786. The predicted octanol–water partition coefficient (Wildman–Crippen LogP) is 0.751. The van der Waals surface area contributed by atoms with Crippen LogP contribution in [0.5, 0.6) is 0 Å². The van der Waals surface area contributed by atoms with Crippen LogP contribution in [0.15, 0.2) is 0 Å². The van der Waals surface area contributed by atoms with Gasteiger partial charge in [0, 0.05) is 26.7 Å². The van der Waals surface area contributed by atoms with Gasteiger partial charge in [-0.3, -0.25) is 9.59 Å². The van der Waals surface area contributed by atoms with Gasteiger partial charge in [0.15, 0.2) is 0 Å². The van der Waals surface area contributed by atoms with E-state index in [-0.39, 0.29) is 25.0 Å². The van der Waals surface area contributed by atoms with Gasteiger partial charge in [-0.1, -0.05) is 6.92 Å². The third-order valence-corrected chi connectivity index (χ3v) is 3.76. The Balaban J connectivity index is 2.57. The van der Waals surface area contributed by atoms with E-state index in [2.05, 4.69) is 5.32 Å². The molecular weight excluding hydrogens is 274 g/mol. The summed E-state index contributed by atoms with van der Waals surface area (Å²) in [5.74, 6) is -1.09. The molecule has 1 aliphatic rings. The zero-order valence-electron chi connectivity index (χ0n) is 13.0. The lowest BCUT2D eigenvalue weighted by Gasteiger charge is -2.39. The summed E-state index contributed by atoms with van der Waals surface area (Å²) in [6, 6.07) is -0.297. The van der Waals surface area contributed by atoms with Gasteiger partial charge in [-0.15, -0.1) is 0 Å². The first-order chi connectivity index (χ1) is 9.80. The number of carboxylic acid groups (broad SMARTS) is 1. The van der Waals surface area contributed by atoms with E-state index in [9.17, 15) is 19.5 Å². The Bertz CT molecular complexity index is 413. The average Bonchev–Trinajstić information content (AvgIpc) is 2.44. The molecule has 1 atom stereocenters. The number of hydrogen-bond acceptors (Lipinski definition) is 3. The van der Waals surface area contributed by atoms with Crippen molar-refractivity contribution in [2.45, 2.75) is 33.1 Å². The molecule has 1 unspecified atom stereocenters. The Morgan fingerprint density at radius 1 is 1.38 bits per heavy atom. The van der Waals surface area contributed by atoms with E-state index in [0.29, 0.717) is 25.9 Å². The number of hydrogen-bond donors (Lipinski definition) is 2. The maximum Gasteiger partial charge on any atom is 0.320 e. The maximum absolute atomic E-state index is 12.3. The molecule has 0 aromatic rings. The number of carbonyl (C=O) groups excluding carboxylic acids is 2. The summed E-state index contributed by atoms with van der Waals surface area (Å²) in [6.07, 6.45) is 2.06. The molecule has 120 valence electrons. The number of urea groups is 1. The molecule has 0 aromatic carbocycles. The van der Waals surface area contributed by atoms with E-state index in [1.54, 1.807) is 14.0 Å². The van der Waals surface area contributed by atoms with Gasteiger partial charge in [0.1, 0.15) is 6.54 Å². The molecular formula is C14H25N3O4. The van der Waals surface area contributed by atoms with Crippen LogP contribution in [0.25, 0.3) is 0 Å². The predicted molar refractivity (Wildman–Crippen MR) is 77.9 cm³/mol. The molecule has 7 nitrogen and oxygen atoms in total. The van der Waals surface area contributed by atoms with Gasteiger partial charge in [0.05, 0.1) is 5.41 Å². The molecule has 2 N–H and O–H groups in total. The van der Waals surface area contributed by atoms with Crippen molar-refractivity contribution in [2.75, 3.05) is 33.2 Å². The molecule has 0 radical (unpaired) electrons. The number of amides is 3. The van der Waals surface area contributed by atoms with E-state index >= 15 is 0 Å². The lowest BCUT2D eigenvalue weighted by atomic mass is 9.82. The Kier molecular flexibility index (Phi) is 5.99. The Morgan fingerprint density at radius 2 is 2.05 bits per heavy atom. The summed E-state index contributed by atoms with van der Waals surface area (Å²) in [4.78, 5) is 38.1. The first-order valence-corrected chi connectivity index (χ1v) is 7.30. The molecule has 3 amide bonds. The Labute approximate surface area is 125 Å². The highest BCUT2D eigenvalue weighted by atomic mass is 16.4. The number of nitrogens with one attached hydrogen (secondary N) is 1. The van der Waals surface area contributed by atoms with Gasteiger partial charge in [0.2, 0.25) is 5.91 Å². The molecule has 1 heterocycles. The van der Waals surface area contributed by atoms with Gasteiger partial charge in [-0.25, -0.2) is 4.79 Å². The minimum absolute atomic E-state index is 0.0148. The van der Waals surface area contributed by atoms with Gasteiger partial charge >= 0.3 is 12.0 Å². The summed E-state index contributed by atoms with van der Waals surface area (Å²) in [6.45, 7) is 4.89. The molecule has 1 rings (SSSR count). The van der Waals surface area contributed by atoms with Crippen LogP contribution in [0.4, 0.5) is 4.79 Å². The average molecular weight is 299 g/mol. The van der Waals surface area contributed by atoms with Gasteiger partial charge < -0.3 is 20.2 Å². The zero-order chi connectivity index (χ0) is 16.0. The van der Waals surface area contributed by atoms with Crippen LogP contribution >= 0.6 is 0 Å². The van der Waals surface area contributed by atoms with E-state index < -0.39 is 11.4 Å². The standard InChI is InChI=1S/C14H25N3O4/c1-4-7-15-11(18)9-16(3)13(21)17-8-5-6-14(2,10-17)12(19)20/h4-10H2,1-3H3,(H,15,18)(H,19,20). The molecule has 0 bridgehead atoms. The van der Waals surface area contributed by atoms with Crippen molar-refractivity contribution in [3.8, 4) is 0 Å². The first-order valence-electron chi connectivity index (χ1n) is 7.30. The van der Waals surface area contributed by atoms with Crippen LogP contribution in [-0.2, 0) is 9.59 Å². The third-order valence-electron chi connectivity index (χ3n) is 3.76. The van der Waals surface area contributed by atoms with E-state index in [1.165, 1.54) is 9.80 Å². The highest BCUT2D eigenvalue weighted by molar-refractivity contribution is 5.84. The van der Waals surface area contributed by atoms with Crippen molar-refractivity contribution in [1.29, 1.82) is 0 Å². The highest BCUT2D eigenvalue weighted by Crippen LogP contribution is 2.30. The van der Waals surface area contributed by atoms with Crippen molar-refractivity contribution in [1.82, 2.24) is 15.1 Å². The van der Waals surface area contributed by atoms with E-state index in [4.69, 9.17) is 0 Å². The molecule has 7 heteroatoms. The number of carbonyl (C=O) groups is 3. The van der Waals surface area contributed by atoms with Crippen molar-refractivity contribution < 1.29 is 19.5 Å². The fourth-order valence-corrected chi connectivity index (χ4v) is 2.42. The summed E-state index contributed by atoms with van der Waals surface area (Å²) in [5.41, 5.74) is -0.904. The van der Waals surface area contributed by atoms with Gasteiger partial charge in [-0.05, 0) is 26.2 Å². The number of aliphatic carboxylic acids is 1. The molecule has 21 heavy (non-hydrogen) atoms. The number of carboxylic acids is 1. The van der Waals surface area contributed by atoms with E-state index in [0.717, 1.165) is 6.42 Å². The van der Waals surface area contributed by atoms with Gasteiger partial charge in [0.25, 0.3) is 0 Å². The van der Waals surface area contributed by atoms with Crippen LogP contribution < -0.4 is 5.32 Å². The number of piperidine rings is 1. The Morgan fingerprint density at radius 3 is 2.62 bits per heavy atom. The molecule has 0 saturated carbocycles. The zero-order valence-corrected chi connectivity index (χ0v) is 13.0. The first kappa shape index (κ1) is 17.3. The normalized spacial score (nSPS) is 21.8. The molecule has 1 aliphatic heterocycles. The quantitative estimate of drug-likeness (QED) is 0.784. The van der Waals surface area contributed by atoms with Crippen molar-refractivity contribution in [2.24, 2.45) is 5.41 Å². The molecule has 1 saturated heterocycles. The highest BCUT2D eigenvalue weighted by Gasteiger charge is 2.40. The van der Waals surface area contributed by atoms with Crippen LogP contribution in [-0.4, -0.2) is 66.0 Å². The number of nitrogens with zero attached hydrogens (tertiary/aromatic N) is 2.